The molecular formula is C26H24N2O4S. The van der Waals surface area contributed by atoms with Gasteiger partial charge < -0.3 is 9.47 Å². The van der Waals surface area contributed by atoms with Gasteiger partial charge in [-0.25, -0.2) is 9.79 Å². The van der Waals surface area contributed by atoms with Gasteiger partial charge in [0.15, 0.2) is 4.80 Å². The molecule has 0 aliphatic carbocycles. The van der Waals surface area contributed by atoms with E-state index < -0.39 is 12.0 Å². The molecule has 7 heteroatoms. The van der Waals surface area contributed by atoms with Gasteiger partial charge in [-0.05, 0) is 43.2 Å². The van der Waals surface area contributed by atoms with Gasteiger partial charge in [0.05, 0.1) is 28.5 Å². The zero-order valence-electron chi connectivity index (χ0n) is 18.5. The van der Waals surface area contributed by atoms with Crippen molar-refractivity contribution in [3.05, 3.63) is 109 Å². The van der Waals surface area contributed by atoms with Gasteiger partial charge in [-0.15, -0.1) is 0 Å². The Bertz CT molecular complexity index is 1380. The number of carbonyl (C=O) groups excluding carboxylic acids is 1. The molecule has 2 aromatic carbocycles. The maximum atomic E-state index is 13.5. The molecule has 0 saturated carbocycles. The molecule has 0 bridgehead atoms. The molecule has 2 heterocycles. The van der Waals surface area contributed by atoms with Crippen LogP contribution in [-0.2, 0) is 9.53 Å². The quantitative estimate of drug-likeness (QED) is 0.401. The minimum Gasteiger partial charge on any atom is -0.490 e. The van der Waals surface area contributed by atoms with E-state index in [4.69, 9.17) is 9.47 Å². The van der Waals surface area contributed by atoms with Gasteiger partial charge in [0.1, 0.15) is 12.4 Å². The highest BCUT2D eigenvalue weighted by molar-refractivity contribution is 7.07. The van der Waals surface area contributed by atoms with Crippen LogP contribution in [0.3, 0.4) is 0 Å². The number of aromatic nitrogens is 1. The molecule has 3 aromatic rings. The first-order valence-corrected chi connectivity index (χ1v) is 11.4. The van der Waals surface area contributed by atoms with Crippen molar-refractivity contribution in [3.63, 3.8) is 0 Å². The number of thiazole rings is 1. The predicted molar refractivity (Wildman–Crippen MR) is 129 cm³/mol. The normalized spacial score (nSPS) is 15.6. The lowest BCUT2D eigenvalue weighted by molar-refractivity contribution is -0.139. The summed E-state index contributed by atoms with van der Waals surface area (Å²) >= 11 is 1.31. The molecule has 0 unspecified atom stereocenters. The monoisotopic (exact) mass is 460 g/mol. The second-order valence-electron chi connectivity index (χ2n) is 7.38. The third-order valence-corrected chi connectivity index (χ3v) is 6.16. The number of esters is 1. The van der Waals surface area contributed by atoms with Crippen molar-refractivity contribution < 1.29 is 14.3 Å². The molecule has 4 rings (SSSR count). The van der Waals surface area contributed by atoms with Crippen LogP contribution in [0.2, 0.25) is 0 Å². The second-order valence-corrected chi connectivity index (χ2v) is 8.39. The standard InChI is InChI=1S/C26H24N2O4S/c1-4-15-32-20-13-11-19(12-14-20)23-22(25(30)31-5-2)17(3)27-26-28(23)24(29)21(33-26)16-18-9-7-6-8-10-18/h4,6-14,16,23H,1,5,15H2,2-3H3/b21-16-/t23-/m1/s1. The number of nitrogens with zero attached hydrogens (tertiary/aromatic N) is 2. The number of ether oxygens (including phenoxy) is 2. The summed E-state index contributed by atoms with van der Waals surface area (Å²) in [6.45, 7) is 7.80. The Morgan fingerprint density at radius 2 is 1.91 bits per heavy atom. The number of hydrogen-bond acceptors (Lipinski definition) is 6. The molecule has 1 aliphatic rings. The lowest BCUT2D eigenvalue weighted by Gasteiger charge is -2.24. The summed E-state index contributed by atoms with van der Waals surface area (Å²) in [5, 5.41) is 0. The highest BCUT2D eigenvalue weighted by Gasteiger charge is 2.33. The van der Waals surface area contributed by atoms with Crippen LogP contribution in [0.5, 0.6) is 5.75 Å². The van der Waals surface area contributed by atoms with Gasteiger partial charge >= 0.3 is 5.97 Å². The van der Waals surface area contributed by atoms with Gasteiger partial charge in [0.2, 0.25) is 0 Å². The van der Waals surface area contributed by atoms with Crippen LogP contribution in [0.15, 0.2) is 88.3 Å². The van der Waals surface area contributed by atoms with Gasteiger partial charge in [-0.1, -0.05) is 66.5 Å². The Balaban J connectivity index is 1.89. The number of benzene rings is 2. The van der Waals surface area contributed by atoms with Crippen molar-refractivity contribution in [2.24, 2.45) is 4.99 Å². The zero-order valence-corrected chi connectivity index (χ0v) is 19.3. The van der Waals surface area contributed by atoms with E-state index in [-0.39, 0.29) is 12.2 Å². The lowest BCUT2D eigenvalue weighted by Crippen LogP contribution is -2.39. The van der Waals surface area contributed by atoms with Crippen molar-refractivity contribution in [2.75, 3.05) is 13.2 Å². The van der Waals surface area contributed by atoms with Crippen molar-refractivity contribution in [1.82, 2.24) is 4.57 Å². The molecule has 0 fully saturated rings. The summed E-state index contributed by atoms with van der Waals surface area (Å²) in [5.41, 5.74) is 2.39. The lowest BCUT2D eigenvalue weighted by atomic mass is 9.96. The molecule has 168 valence electrons. The van der Waals surface area contributed by atoms with E-state index in [0.717, 1.165) is 11.1 Å². The van der Waals surface area contributed by atoms with Gasteiger partial charge in [0.25, 0.3) is 5.56 Å². The van der Waals surface area contributed by atoms with Crippen LogP contribution in [0.1, 0.15) is 31.0 Å². The molecule has 6 nitrogen and oxygen atoms in total. The molecule has 1 aromatic heterocycles. The Hall–Kier alpha value is -3.71. The first-order chi connectivity index (χ1) is 16.0. The second kappa shape index (κ2) is 9.83. The average molecular weight is 461 g/mol. The minimum atomic E-state index is -0.647. The number of hydrogen-bond donors (Lipinski definition) is 0. The zero-order chi connectivity index (χ0) is 23.4. The maximum Gasteiger partial charge on any atom is 0.338 e. The topological polar surface area (TPSA) is 69.9 Å². The Morgan fingerprint density at radius 3 is 2.58 bits per heavy atom. The predicted octanol–water partition coefficient (Wildman–Crippen LogP) is 3.36. The Labute approximate surface area is 195 Å². The van der Waals surface area contributed by atoms with E-state index in [1.807, 2.05) is 60.7 Å². The van der Waals surface area contributed by atoms with Gasteiger partial charge in [-0.3, -0.25) is 9.36 Å². The van der Waals surface area contributed by atoms with E-state index in [2.05, 4.69) is 11.6 Å². The fraction of sp³-hybridized carbons (Fsp3) is 0.192. The molecule has 1 aliphatic heterocycles. The highest BCUT2D eigenvalue weighted by atomic mass is 32.1. The molecule has 0 spiro atoms. The van der Waals surface area contributed by atoms with Crippen LogP contribution in [0, 0.1) is 0 Å². The third-order valence-electron chi connectivity index (χ3n) is 5.18. The molecule has 0 saturated heterocycles. The summed E-state index contributed by atoms with van der Waals surface area (Å²) in [6, 6.07) is 16.3. The van der Waals surface area contributed by atoms with Crippen LogP contribution >= 0.6 is 11.3 Å². The molecular weight excluding hydrogens is 436 g/mol. The number of fused-ring (bicyclic) bond motifs is 1. The number of carbonyl (C=O) groups is 1. The van der Waals surface area contributed by atoms with Crippen LogP contribution < -0.4 is 19.6 Å². The van der Waals surface area contributed by atoms with Crippen molar-refractivity contribution in [2.45, 2.75) is 19.9 Å². The van der Waals surface area contributed by atoms with Crippen LogP contribution in [0.25, 0.3) is 6.08 Å². The summed E-state index contributed by atoms with van der Waals surface area (Å²) in [7, 11) is 0. The molecule has 0 N–H and O–H groups in total. The smallest absolute Gasteiger partial charge is 0.338 e. The van der Waals surface area contributed by atoms with E-state index in [1.165, 1.54) is 11.3 Å². The van der Waals surface area contributed by atoms with Crippen molar-refractivity contribution in [1.29, 1.82) is 0 Å². The Kier molecular flexibility index (Phi) is 6.70. The van der Waals surface area contributed by atoms with Gasteiger partial charge in [-0.2, -0.15) is 0 Å². The van der Waals surface area contributed by atoms with Crippen molar-refractivity contribution >= 4 is 23.4 Å². The largest absolute Gasteiger partial charge is 0.490 e. The maximum absolute atomic E-state index is 13.5. The van der Waals surface area contributed by atoms with Gasteiger partial charge in [0, 0.05) is 0 Å². The van der Waals surface area contributed by atoms with E-state index in [9.17, 15) is 9.59 Å². The minimum absolute atomic E-state index is 0.200. The molecule has 1 atom stereocenters. The third kappa shape index (κ3) is 4.59. The summed E-state index contributed by atoms with van der Waals surface area (Å²) in [4.78, 5) is 31.6. The van der Waals surface area contributed by atoms with Crippen molar-refractivity contribution in [3.8, 4) is 5.75 Å². The highest BCUT2D eigenvalue weighted by Crippen LogP contribution is 2.31. The van der Waals surface area contributed by atoms with E-state index in [1.54, 1.807) is 24.5 Å². The molecule has 0 radical (unpaired) electrons. The first-order valence-electron chi connectivity index (χ1n) is 10.6. The molecule has 33 heavy (non-hydrogen) atoms. The summed E-state index contributed by atoms with van der Waals surface area (Å²) < 4.78 is 13.0. The Morgan fingerprint density at radius 1 is 1.18 bits per heavy atom. The molecule has 0 amide bonds. The fourth-order valence-electron chi connectivity index (χ4n) is 3.71. The summed E-state index contributed by atoms with van der Waals surface area (Å²) in [5.74, 6) is 0.196. The SMILES string of the molecule is C=CCOc1ccc([C@@H]2C(C(=O)OCC)=C(C)N=c3s/c(=C\c4ccccc4)c(=O)n32)cc1. The average Bonchev–Trinajstić information content (AvgIpc) is 3.12. The first kappa shape index (κ1) is 22.5. The van der Waals surface area contributed by atoms with Crippen LogP contribution in [-0.4, -0.2) is 23.8 Å². The van der Waals surface area contributed by atoms with E-state index in [0.29, 0.717) is 33.0 Å². The van der Waals surface area contributed by atoms with Crippen LogP contribution in [0.4, 0.5) is 0 Å². The summed E-state index contributed by atoms with van der Waals surface area (Å²) in [6.07, 6.45) is 3.51. The number of rotatable bonds is 7. The number of allylic oxidation sites excluding steroid dienone is 1. The van der Waals surface area contributed by atoms with E-state index >= 15 is 0 Å². The fourth-order valence-corrected chi connectivity index (χ4v) is 4.76.